The predicted molar refractivity (Wildman–Crippen MR) is 116 cm³/mol. The normalized spacial score (nSPS) is 22.7. The Morgan fingerprint density at radius 1 is 1.29 bits per heavy atom. The molecule has 3 atom stereocenters. The molecule has 8 heteroatoms. The monoisotopic (exact) mass is 442 g/mol. The van der Waals surface area contributed by atoms with E-state index in [1.165, 1.54) is 12.1 Å². The number of anilines is 1. The van der Waals surface area contributed by atoms with Crippen LogP contribution in [0.5, 0.6) is 5.75 Å². The Hall–Kier alpha value is -2.85. The zero-order valence-corrected chi connectivity index (χ0v) is 18.2. The summed E-state index contributed by atoms with van der Waals surface area (Å²) in [4.78, 5) is 19.7. The van der Waals surface area contributed by atoms with Crippen LogP contribution in [0.2, 0.25) is 5.02 Å². The van der Waals surface area contributed by atoms with Crippen molar-refractivity contribution in [3.63, 3.8) is 0 Å². The number of carbonyl (C=O) groups is 1. The van der Waals surface area contributed by atoms with E-state index in [1.807, 2.05) is 6.07 Å². The molecule has 3 heterocycles. The largest absolute Gasteiger partial charge is 0.476 e. The first-order chi connectivity index (χ1) is 14.8. The summed E-state index contributed by atoms with van der Waals surface area (Å²) in [6.07, 6.45) is 5.32. The van der Waals surface area contributed by atoms with Crippen LogP contribution in [-0.2, 0) is 4.79 Å². The van der Waals surface area contributed by atoms with E-state index < -0.39 is 11.4 Å². The summed E-state index contributed by atoms with van der Waals surface area (Å²) in [7, 11) is 0. The number of carbonyl (C=O) groups excluding carboxylic acids is 1. The third-order valence-electron chi connectivity index (χ3n) is 6.02. The maximum atomic E-state index is 13.3. The fourth-order valence-electron chi connectivity index (χ4n) is 4.51. The van der Waals surface area contributed by atoms with Crippen molar-refractivity contribution in [3.05, 3.63) is 52.9 Å². The standard InChI is InChI=1S/C23H24ClFN4O2/c1-23(2,31-20-7-4-15(25)9-19(20)24)22(30)28-16-10-17-5-6-18(11-16)29(17)21-8-3-14(12-26)13-27-21/h3-4,7-9,13,16-18H,5-6,10-11H2,1-2H3,(H,28,30)/t16-,17+,18-. The van der Waals surface area contributed by atoms with Crippen LogP contribution in [0.4, 0.5) is 10.2 Å². The Morgan fingerprint density at radius 2 is 2.00 bits per heavy atom. The molecule has 6 nitrogen and oxygen atoms in total. The van der Waals surface area contributed by atoms with E-state index in [1.54, 1.807) is 26.1 Å². The Labute approximate surface area is 186 Å². The van der Waals surface area contributed by atoms with E-state index >= 15 is 0 Å². The summed E-state index contributed by atoms with van der Waals surface area (Å²) in [5.41, 5.74) is -0.617. The van der Waals surface area contributed by atoms with Crippen LogP contribution in [-0.4, -0.2) is 34.6 Å². The third kappa shape index (κ3) is 4.45. The van der Waals surface area contributed by atoms with Crippen LogP contribution < -0.4 is 15.0 Å². The lowest BCUT2D eigenvalue weighted by atomic mass is 9.96. The van der Waals surface area contributed by atoms with Gasteiger partial charge in [0.15, 0.2) is 5.60 Å². The highest BCUT2D eigenvalue weighted by Gasteiger charge is 2.43. The van der Waals surface area contributed by atoms with Gasteiger partial charge in [-0.05, 0) is 69.9 Å². The Bertz CT molecular complexity index is 1010. The summed E-state index contributed by atoms with van der Waals surface area (Å²) < 4.78 is 19.1. The zero-order chi connectivity index (χ0) is 22.2. The number of nitrogens with one attached hydrogen (secondary N) is 1. The molecule has 162 valence electrons. The molecule has 0 saturated carbocycles. The van der Waals surface area contributed by atoms with Gasteiger partial charge in [0.25, 0.3) is 5.91 Å². The molecule has 4 rings (SSSR count). The van der Waals surface area contributed by atoms with E-state index in [2.05, 4.69) is 21.3 Å². The highest BCUT2D eigenvalue weighted by atomic mass is 35.5. The van der Waals surface area contributed by atoms with Gasteiger partial charge >= 0.3 is 0 Å². The summed E-state index contributed by atoms with van der Waals surface area (Å²) >= 11 is 6.05. The van der Waals surface area contributed by atoms with E-state index in [0.29, 0.717) is 17.6 Å². The van der Waals surface area contributed by atoms with Gasteiger partial charge in [0.1, 0.15) is 23.5 Å². The fraction of sp³-hybridized carbons (Fsp3) is 0.435. The van der Waals surface area contributed by atoms with Crippen LogP contribution in [0.25, 0.3) is 0 Å². The number of aromatic nitrogens is 1. The SMILES string of the molecule is CC(C)(Oc1ccc(F)cc1Cl)C(=O)N[C@H]1C[C@H]2CC[C@@H](C1)N2c1ccc(C#N)cn1. The van der Waals surface area contributed by atoms with E-state index in [9.17, 15) is 9.18 Å². The number of piperidine rings is 1. The van der Waals surface area contributed by atoms with E-state index in [0.717, 1.165) is 37.6 Å². The summed E-state index contributed by atoms with van der Waals surface area (Å²) in [5, 5.41) is 12.2. The molecule has 0 unspecified atom stereocenters. The molecule has 1 N–H and O–H groups in total. The number of benzene rings is 1. The van der Waals surface area contributed by atoms with E-state index in [4.69, 9.17) is 21.6 Å². The number of nitriles is 1. The van der Waals surface area contributed by atoms with Gasteiger partial charge in [-0.2, -0.15) is 5.26 Å². The molecule has 2 fully saturated rings. The van der Waals surface area contributed by atoms with Crippen molar-refractivity contribution in [2.75, 3.05) is 4.90 Å². The van der Waals surface area contributed by atoms with E-state index in [-0.39, 0.29) is 22.7 Å². The molecule has 2 bridgehead atoms. The number of amides is 1. The minimum atomic E-state index is -1.16. The number of hydrogen-bond donors (Lipinski definition) is 1. The van der Waals surface area contributed by atoms with Gasteiger partial charge in [-0.3, -0.25) is 4.79 Å². The van der Waals surface area contributed by atoms with Crippen molar-refractivity contribution in [2.24, 2.45) is 0 Å². The maximum Gasteiger partial charge on any atom is 0.263 e. The lowest BCUT2D eigenvalue weighted by molar-refractivity contribution is -0.135. The van der Waals surface area contributed by atoms with Gasteiger partial charge in [0, 0.05) is 24.3 Å². The Morgan fingerprint density at radius 3 is 2.58 bits per heavy atom. The van der Waals surface area contributed by atoms with Crippen molar-refractivity contribution in [3.8, 4) is 11.8 Å². The number of hydrogen-bond acceptors (Lipinski definition) is 5. The Kier molecular flexibility index (Phi) is 5.76. The second-order valence-corrected chi connectivity index (χ2v) is 9.05. The van der Waals surface area contributed by atoms with Crippen molar-refractivity contribution < 1.29 is 13.9 Å². The van der Waals surface area contributed by atoms with Gasteiger partial charge in [0.2, 0.25) is 0 Å². The maximum absolute atomic E-state index is 13.3. The fourth-order valence-corrected chi connectivity index (χ4v) is 4.72. The first-order valence-corrected chi connectivity index (χ1v) is 10.7. The molecule has 1 aromatic carbocycles. The van der Waals surface area contributed by atoms with Gasteiger partial charge in [-0.15, -0.1) is 0 Å². The van der Waals surface area contributed by atoms with Crippen molar-refractivity contribution >= 4 is 23.3 Å². The lowest BCUT2D eigenvalue weighted by Gasteiger charge is -2.40. The molecule has 1 amide bonds. The first-order valence-electron chi connectivity index (χ1n) is 10.4. The average Bonchev–Trinajstić information content (AvgIpc) is 3.00. The topological polar surface area (TPSA) is 78.2 Å². The average molecular weight is 443 g/mol. The molecular weight excluding hydrogens is 419 g/mol. The Balaban J connectivity index is 1.40. The van der Waals surface area contributed by atoms with Crippen molar-refractivity contribution in [2.45, 2.75) is 63.3 Å². The molecule has 2 aliphatic rings. The zero-order valence-electron chi connectivity index (χ0n) is 17.4. The molecule has 2 aromatic rings. The minimum absolute atomic E-state index is 0.0335. The second kappa shape index (κ2) is 8.35. The summed E-state index contributed by atoms with van der Waals surface area (Å²) in [6, 6.07) is 10.2. The molecular formula is C23H24ClFN4O2. The van der Waals surface area contributed by atoms with Crippen LogP contribution in [0.3, 0.4) is 0 Å². The van der Waals surface area contributed by atoms with Gasteiger partial charge in [-0.25, -0.2) is 9.37 Å². The smallest absolute Gasteiger partial charge is 0.263 e. The summed E-state index contributed by atoms with van der Waals surface area (Å²) in [6.45, 7) is 3.35. The number of fused-ring (bicyclic) bond motifs is 2. The molecule has 31 heavy (non-hydrogen) atoms. The molecule has 1 aromatic heterocycles. The molecule has 0 aliphatic carbocycles. The van der Waals surface area contributed by atoms with Crippen LogP contribution in [0.15, 0.2) is 36.5 Å². The third-order valence-corrected chi connectivity index (χ3v) is 6.31. The highest BCUT2D eigenvalue weighted by molar-refractivity contribution is 6.32. The van der Waals surface area contributed by atoms with Crippen LogP contribution in [0.1, 0.15) is 45.1 Å². The molecule has 0 radical (unpaired) electrons. The van der Waals surface area contributed by atoms with Gasteiger partial charge in [0.05, 0.1) is 10.6 Å². The minimum Gasteiger partial charge on any atom is -0.476 e. The summed E-state index contributed by atoms with van der Waals surface area (Å²) in [5.74, 6) is 0.455. The predicted octanol–water partition coefficient (Wildman–Crippen LogP) is 4.22. The van der Waals surface area contributed by atoms with Crippen molar-refractivity contribution in [1.82, 2.24) is 10.3 Å². The van der Waals surface area contributed by atoms with Gasteiger partial charge in [-0.1, -0.05) is 11.6 Å². The number of halogens is 2. The number of pyridine rings is 1. The lowest BCUT2D eigenvalue weighted by Crippen LogP contribution is -2.55. The number of ether oxygens (including phenoxy) is 1. The van der Waals surface area contributed by atoms with Crippen LogP contribution in [0, 0.1) is 17.1 Å². The first kappa shape index (κ1) is 21.4. The molecule has 2 aliphatic heterocycles. The quantitative estimate of drug-likeness (QED) is 0.750. The number of rotatable bonds is 5. The second-order valence-electron chi connectivity index (χ2n) is 8.64. The van der Waals surface area contributed by atoms with Crippen LogP contribution >= 0.6 is 11.6 Å². The number of nitrogens with zero attached hydrogens (tertiary/aromatic N) is 3. The van der Waals surface area contributed by atoms with Crippen molar-refractivity contribution in [1.29, 1.82) is 5.26 Å². The molecule has 2 saturated heterocycles. The highest BCUT2D eigenvalue weighted by Crippen LogP contribution is 2.39. The molecule has 0 spiro atoms. The van der Waals surface area contributed by atoms with Gasteiger partial charge < -0.3 is 15.0 Å².